The zero-order chi connectivity index (χ0) is 15.6. The van der Waals surface area contributed by atoms with Gasteiger partial charge in [0.25, 0.3) is 0 Å². The lowest BCUT2D eigenvalue weighted by atomic mass is 10.1. The maximum atomic E-state index is 13.7. The molecule has 114 valence electrons. The number of nitrogens with one attached hydrogen (secondary N) is 1. The van der Waals surface area contributed by atoms with Gasteiger partial charge in [0, 0.05) is 18.7 Å². The summed E-state index contributed by atoms with van der Waals surface area (Å²) in [5, 5.41) is 11.1. The molecule has 1 unspecified atom stereocenters. The highest BCUT2D eigenvalue weighted by Crippen LogP contribution is 2.23. The van der Waals surface area contributed by atoms with Crippen molar-refractivity contribution < 1.29 is 23.5 Å². The second kappa shape index (κ2) is 6.07. The highest BCUT2D eigenvalue weighted by molar-refractivity contribution is 5.93. The van der Waals surface area contributed by atoms with Gasteiger partial charge in [0.15, 0.2) is 0 Å². The van der Waals surface area contributed by atoms with Crippen LogP contribution in [-0.4, -0.2) is 34.6 Å². The maximum Gasteiger partial charge on any atom is 0.338 e. The van der Waals surface area contributed by atoms with Gasteiger partial charge < -0.3 is 15.3 Å². The van der Waals surface area contributed by atoms with Gasteiger partial charge in [0.05, 0.1) is 11.3 Å². The molecular weight excluding hydrogens is 282 g/mol. The van der Waals surface area contributed by atoms with Gasteiger partial charge in [-0.1, -0.05) is 6.92 Å². The Balaban J connectivity index is 2.21. The molecule has 2 rings (SSSR count). The summed E-state index contributed by atoms with van der Waals surface area (Å²) in [4.78, 5) is 24.5. The van der Waals surface area contributed by atoms with Crippen molar-refractivity contribution >= 4 is 17.7 Å². The van der Waals surface area contributed by atoms with Crippen LogP contribution in [0.1, 0.15) is 36.5 Å². The molecule has 0 bridgehead atoms. The molecule has 5 nitrogen and oxygen atoms in total. The van der Waals surface area contributed by atoms with Crippen molar-refractivity contribution in [2.24, 2.45) is 0 Å². The molecule has 1 fully saturated rings. The van der Waals surface area contributed by atoms with Gasteiger partial charge in [-0.2, -0.15) is 0 Å². The lowest BCUT2D eigenvalue weighted by Gasteiger charge is -2.24. The lowest BCUT2D eigenvalue weighted by Crippen LogP contribution is -2.38. The summed E-state index contributed by atoms with van der Waals surface area (Å²) in [6.45, 7) is 2.52. The first-order valence-electron chi connectivity index (χ1n) is 6.74. The number of rotatable bonds is 3. The summed E-state index contributed by atoms with van der Waals surface area (Å²) < 4.78 is 26.9. The van der Waals surface area contributed by atoms with E-state index in [0.717, 1.165) is 25.3 Å². The van der Waals surface area contributed by atoms with Crippen LogP contribution in [0, 0.1) is 11.6 Å². The van der Waals surface area contributed by atoms with Crippen molar-refractivity contribution in [2.45, 2.75) is 32.2 Å². The number of likely N-dealkylation sites (tertiary alicyclic amines) is 1. The average Bonchev–Trinajstić information content (AvgIpc) is 2.89. The van der Waals surface area contributed by atoms with E-state index in [1.54, 1.807) is 4.90 Å². The van der Waals surface area contributed by atoms with Crippen molar-refractivity contribution in [1.82, 2.24) is 4.90 Å². The summed E-state index contributed by atoms with van der Waals surface area (Å²) in [5.41, 5.74) is -1.01. The number of benzene rings is 1. The summed E-state index contributed by atoms with van der Waals surface area (Å²) in [7, 11) is 0. The summed E-state index contributed by atoms with van der Waals surface area (Å²) >= 11 is 0. The number of carboxylic acids is 1. The van der Waals surface area contributed by atoms with Gasteiger partial charge in [0.2, 0.25) is 0 Å². The zero-order valence-electron chi connectivity index (χ0n) is 11.5. The first kappa shape index (κ1) is 15.2. The number of hydrogen-bond acceptors (Lipinski definition) is 2. The highest BCUT2D eigenvalue weighted by Gasteiger charge is 2.28. The van der Waals surface area contributed by atoms with Crippen LogP contribution >= 0.6 is 0 Å². The topological polar surface area (TPSA) is 69.6 Å². The van der Waals surface area contributed by atoms with Crippen LogP contribution in [0.4, 0.5) is 19.3 Å². The molecule has 1 aromatic rings. The Morgan fingerprint density at radius 1 is 1.38 bits per heavy atom. The van der Waals surface area contributed by atoms with Crippen LogP contribution in [0.5, 0.6) is 0 Å². The third-order valence-electron chi connectivity index (χ3n) is 3.64. The lowest BCUT2D eigenvalue weighted by molar-refractivity contribution is 0.0691. The van der Waals surface area contributed by atoms with Gasteiger partial charge in [-0.3, -0.25) is 0 Å². The number of carbonyl (C=O) groups is 2. The predicted octanol–water partition coefficient (Wildman–Crippen LogP) is 3.07. The number of hydrogen-bond donors (Lipinski definition) is 2. The Morgan fingerprint density at radius 3 is 2.71 bits per heavy atom. The number of amides is 2. The maximum absolute atomic E-state index is 13.7. The Morgan fingerprint density at radius 2 is 2.10 bits per heavy atom. The fourth-order valence-corrected chi connectivity index (χ4v) is 2.52. The number of urea groups is 1. The van der Waals surface area contributed by atoms with Crippen LogP contribution < -0.4 is 5.32 Å². The van der Waals surface area contributed by atoms with Crippen LogP contribution in [0.25, 0.3) is 0 Å². The minimum atomic E-state index is -1.52. The average molecular weight is 298 g/mol. The molecule has 21 heavy (non-hydrogen) atoms. The fourth-order valence-electron chi connectivity index (χ4n) is 2.52. The van der Waals surface area contributed by atoms with Crippen molar-refractivity contribution in [2.75, 3.05) is 11.9 Å². The minimum Gasteiger partial charge on any atom is -0.478 e. The number of carboxylic acid groups (broad SMARTS) is 1. The third-order valence-corrected chi connectivity index (χ3v) is 3.64. The fraction of sp³-hybridized carbons (Fsp3) is 0.429. The number of nitrogens with zero attached hydrogens (tertiary/aromatic N) is 1. The molecule has 1 aromatic carbocycles. The Bertz CT molecular complexity index is 578. The van der Waals surface area contributed by atoms with Crippen molar-refractivity contribution in [3.63, 3.8) is 0 Å². The molecule has 7 heteroatoms. The van der Waals surface area contributed by atoms with E-state index in [4.69, 9.17) is 5.11 Å². The molecule has 1 atom stereocenters. The summed E-state index contributed by atoms with van der Waals surface area (Å²) in [5.74, 6) is -3.70. The Kier molecular flexibility index (Phi) is 4.40. The largest absolute Gasteiger partial charge is 0.478 e. The van der Waals surface area contributed by atoms with E-state index in [9.17, 15) is 18.4 Å². The highest BCUT2D eigenvalue weighted by atomic mass is 19.1. The summed E-state index contributed by atoms with van der Waals surface area (Å²) in [6, 6.07) is 0.844. The second-order valence-corrected chi connectivity index (χ2v) is 4.94. The van der Waals surface area contributed by atoms with Crippen LogP contribution in [0.3, 0.4) is 0 Å². The molecule has 1 saturated heterocycles. The number of aromatic carboxylic acids is 1. The van der Waals surface area contributed by atoms with Crippen LogP contribution in [0.2, 0.25) is 0 Å². The molecule has 0 aromatic heterocycles. The monoisotopic (exact) mass is 298 g/mol. The smallest absolute Gasteiger partial charge is 0.338 e. The van der Waals surface area contributed by atoms with E-state index in [1.165, 1.54) is 0 Å². The molecular formula is C14H16F2N2O3. The first-order valence-corrected chi connectivity index (χ1v) is 6.74. The van der Waals surface area contributed by atoms with Gasteiger partial charge >= 0.3 is 12.0 Å². The number of halogens is 2. The van der Waals surface area contributed by atoms with Crippen LogP contribution in [0.15, 0.2) is 12.1 Å². The van der Waals surface area contributed by atoms with Gasteiger partial charge in [-0.25, -0.2) is 18.4 Å². The molecule has 2 amide bonds. The molecule has 1 aliphatic rings. The molecule has 1 aliphatic heterocycles. The molecule has 0 saturated carbocycles. The molecule has 0 spiro atoms. The van der Waals surface area contributed by atoms with E-state index in [0.29, 0.717) is 12.6 Å². The van der Waals surface area contributed by atoms with Gasteiger partial charge in [0.1, 0.15) is 11.6 Å². The van der Waals surface area contributed by atoms with E-state index in [2.05, 4.69) is 5.32 Å². The molecule has 0 aliphatic carbocycles. The third kappa shape index (κ3) is 3.12. The Labute approximate surface area is 120 Å². The van der Waals surface area contributed by atoms with E-state index >= 15 is 0 Å². The van der Waals surface area contributed by atoms with Crippen molar-refractivity contribution in [3.05, 3.63) is 29.3 Å². The van der Waals surface area contributed by atoms with Gasteiger partial charge in [-0.05, 0) is 25.3 Å². The normalized spacial score (nSPS) is 17.9. The summed E-state index contributed by atoms with van der Waals surface area (Å²) in [6.07, 6.45) is 2.55. The van der Waals surface area contributed by atoms with E-state index < -0.39 is 29.2 Å². The van der Waals surface area contributed by atoms with Crippen LogP contribution in [-0.2, 0) is 0 Å². The molecule has 0 radical (unpaired) electrons. The standard InChI is InChI=1S/C14H16F2N2O3/c1-2-8-4-3-5-18(8)14(21)17-12-6-9(13(19)20)10(15)7-11(12)16/h6-8H,2-5H2,1H3,(H,17,21)(H,19,20). The quantitative estimate of drug-likeness (QED) is 0.901. The minimum absolute atomic E-state index is 0.0902. The molecule has 2 N–H and O–H groups in total. The van der Waals surface area contributed by atoms with Crippen molar-refractivity contribution in [1.29, 1.82) is 0 Å². The SMILES string of the molecule is CCC1CCCN1C(=O)Nc1cc(C(=O)O)c(F)cc1F. The second-order valence-electron chi connectivity index (χ2n) is 4.94. The predicted molar refractivity (Wildman–Crippen MR) is 72.4 cm³/mol. The van der Waals surface area contributed by atoms with E-state index in [-0.39, 0.29) is 11.7 Å². The zero-order valence-corrected chi connectivity index (χ0v) is 11.5. The van der Waals surface area contributed by atoms with Crippen molar-refractivity contribution in [3.8, 4) is 0 Å². The first-order chi connectivity index (χ1) is 9.93. The Hall–Kier alpha value is -2.18. The molecule has 1 heterocycles. The number of anilines is 1. The number of carbonyl (C=O) groups excluding carboxylic acids is 1. The van der Waals surface area contributed by atoms with Gasteiger partial charge in [-0.15, -0.1) is 0 Å². The van der Waals surface area contributed by atoms with E-state index in [1.807, 2.05) is 6.92 Å².